The maximum atomic E-state index is 11.8. The Hall–Kier alpha value is -1.88. The van der Waals surface area contributed by atoms with Gasteiger partial charge in [-0.1, -0.05) is 12.1 Å². The Bertz CT molecular complexity index is 550. The summed E-state index contributed by atoms with van der Waals surface area (Å²) in [5.41, 5.74) is 2.28. The molecule has 1 unspecified atom stereocenters. The average Bonchev–Trinajstić information content (AvgIpc) is 2.58. The van der Waals surface area contributed by atoms with Gasteiger partial charge in [0.15, 0.2) is 0 Å². The number of amides is 2. The van der Waals surface area contributed by atoms with Crippen LogP contribution in [0.25, 0.3) is 0 Å². The maximum absolute atomic E-state index is 11.8. The standard InChI is InChI=1S/C18H25N3O2/c22-17-8-7-16(18(23)21-17)20-15-5-3-13(4-6-15)1-2-14-9-11-19-12-10-14/h3-6,14,16,19-20H,1-2,7-12H2,(H,21,22,23). The van der Waals surface area contributed by atoms with Crippen molar-refractivity contribution in [2.45, 2.75) is 44.6 Å². The van der Waals surface area contributed by atoms with E-state index in [4.69, 9.17) is 0 Å². The van der Waals surface area contributed by atoms with Crippen molar-refractivity contribution in [1.29, 1.82) is 0 Å². The number of benzene rings is 1. The van der Waals surface area contributed by atoms with Crippen LogP contribution in [0.2, 0.25) is 0 Å². The lowest BCUT2D eigenvalue weighted by molar-refractivity contribution is -0.133. The highest BCUT2D eigenvalue weighted by molar-refractivity contribution is 6.01. The monoisotopic (exact) mass is 315 g/mol. The first-order valence-corrected chi connectivity index (χ1v) is 8.60. The molecule has 1 aromatic carbocycles. The van der Waals surface area contributed by atoms with Crippen molar-refractivity contribution in [2.24, 2.45) is 5.92 Å². The fourth-order valence-electron chi connectivity index (χ4n) is 3.34. The van der Waals surface area contributed by atoms with E-state index in [9.17, 15) is 9.59 Å². The van der Waals surface area contributed by atoms with Crippen LogP contribution in [0.1, 0.15) is 37.7 Å². The number of imide groups is 1. The zero-order valence-electron chi connectivity index (χ0n) is 13.4. The van der Waals surface area contributed by atoms with Gasteiger partial charge in [0.25, 0.3) is 0 Å². The third-order valence-electron chi connectivity index (χ3n) is 4.83. The number of rotatable bonds is 5. The van der Waals surface area contributed by atoms with Crippen molar-refractivity contribution in [2.75, 3.05) is 18.4 Å². The molecule has 3 N–H and O–H groups in total. The second-order valence-electron chi connectivity index (χ2n) is 6.58. The molecule has 0 bridgehead atoms. The van der Waals surface area contributed by atoms with Gasteiger partial charge in [0.05, 0.1) is 0 Å². The Labute approximate surface area is 137 Å². The minimum Gasteiger partial charge on any atom is -0.374 e. The topological polar surface area (TPSA) is 70.2 Å². The maximum Gasteiger partial charge on any atom is 0.249 e. The summed E-state index contributed by atoms with van der Waals surface area (Å²) >= 11 is 0. The molecule has 2 heterocycles. The highest BCUT2D eigenvalue weighted by Gasteiger charge is 2.26. The third-order valence-corrected chi connectivity index (χ3v) is 4.83. The first-order chi connectivity index (χ1) is 11.2. The molecule has 1 aromatic rings. The number of carbonyl (C=O) groups excluding carboxylic acids is 2. The normalized spacial score (nSPS) is 22.7. The summed E-state index contributed by atoms with van der Waals surface area (Å²) in [7, 11) is 0. The molecule has 1 atom stereocenters. The molecule has 2 aliphatic rings. The van der Waals surface area contributed by atoms with Gasteiger partial charge >= 0.3 is 0 Å². The predicted octanol–water partition coefficient (Wildman–Crippen LogP) is 1.84. The smallest absolute Gasteiger partial charge is 0.249 e. The van der Waals surface area contributed by atoms with Crippen LogP contribution in [-0.2, 0) is 16.0 Å². The Morgan fingerprint density at radius 1 is 1.04 bits per heavy atom. The van der Waals surface area contributed by atoms with Crippen molar-refractivity contribution in [1.82, 2.24) is 10.6 Å². The van der Waals surface area contributed by atoms with E-state index in [0.29, 0.717) is 12.8 Å². The molecular weight excluding hydrogens is 290 g/mol. The summed E-state index contributed by atoms with van der Waals surface area (Å²) in [6.45, 7) is 2.30. The number of nitrogens with one attached hydrogen (secondary N) is 3. The first-order valence-electron chi connectivity index (χ1n) is 8.60. The van der Waals surface area contributed by atoms with Crippen LogP contribution < -0.4 is 16.0 Å². The quantitative estimate of drug-likeness (QED) is 0.725. The predicted molar refractivity (Wildman–Crippen MR) is 90.2 cm³/mol. The van der Waals surface area contributed by atoms with Crippen molar-refractivity contribution < 1.29 is 9.59 Å². The zero-order chi connectivity index (χ0) is 16.1. The van der Waals surface area contributed by atoms with Crippen LogP contribution in [0.15, 0.2) is 24.3 Å². The number of carbonyl (C=O) groups is 2. The molecule has 0 saturated carbocycles. The number of anilines is 1. The third kappa shape index (κ3) is 4.55. The number of hydrogen-bond acceptors (Lipinski definition) is 4. The van der Waals surface area contributed by atoms with Gasteiger partial charge in [-0.3, -0.25) is 14.9 Å². The molecule has 2 amide bonds. The molecule has 2 aliphatic heterocycles. The van der Waals surface area contributed by atoms with Crippen LogP contribution in [0.5, 0.6) is 0 Å². The SMILES string of the molecule is O=C1CCC(Nc2ccc(CCC3CCNCC3)cc2)C(=O)N1. The van der Waals surface area contributed by atoms with Gasteiger partial charge in [-0.2, -0.15) is 0 Å². The van der Waals surface area contributed by atoms with E-state index in [1.165, 1.54) is 24.8 Å². The molecule has 3 rings (SSSR count). The van der Waals surface area contributed by atoms with Crippen molar-refractivity contribution >= 4 is 17.5 Å². The van der Waals surface area contributed by atoms with Gasteiger partial charge in [-0.15, -0.1) is 0 Å². The number of aryl methyl sites for hydroxylation is 1. The van der Waals surface area contributed by atoms with Crippen LogP contribution in [0.3, 0.4) is 0 Å². The lowest BCUT2D eigenvalue weighted by atomic mass is 9.91. The molecule has 0 aromatic heterocycles. The minimum absolute atomic E-state index is 0.179. The van der Waals surface area contributed by atoms with Crippen molar-refractivity contribution in [3.05, 3.63) is 29.8 Å². The van der Waals surface area contributed by atoms with Gasteiger partial charge in [0.2, 0.25) is 11.8 Å². The number of piperidine rings is 2. The molecule has 5 heteroatoms. The lowest BCUT2D eigenvalue weighted by Gasteiger charge is -2.23. The number of hydrogen-bond donors (Lipinski definition) is 3. The van der Waals surface area contributed by atoms with Gasteiger partial charge in [-0.25, -0.2) is 0 Å². The molecule has 23 heavy (non-hydrogen) atoms. The van der Waals surface area contributed by atoms with Gasteiger partial charge < -0.3 is 10.6 Å². The van der Waals surface area contributed by atoms with Crippen LogP contribution in [0.4, 0.5) is 5.69 Å². The van der Waals surface area contributed by atoms with Crippen LogP contribution in [-0.4, -0.2) is 30.9 Å². The lowest BCUT2D eigenvalue weighted by Crippen LogP contribution is -2.47. The Balaban J connectivity index is 1.48. The van der Waals surface area contributed by atoms with Crippen LogP contribution >= 0.6 is 0 Å². The Morgan fingerprint density at radius 2 is 1.78 bits per heavy atom. The van der Waals surface area contributed by atoms with Crippen LogP contribution in [0, 0.1) is 5.92 Å². The Kier molecular flexibility index (Phi) is 5.28. The summed E-state index contributed by atoms with van der Waals surface area (Å²) in [5, 5.41) is 8.99. The molecular formula is C18H25N3O2. The van der Waals surface area contributed by atoms with E-state index in [1.807, 2.05) is 12.1 Å². The zero-order valence-corrected chi connectivity index (χ0v) is 13.4. The highest BCUT2D eigenvalue weighted by Crippen LogP contribution is 2.20. The second kappa shape index (κ2) is 7.59. The highest BCUT2D eigenvalue weighted by atomic mass is 16.2. The van der Waals surface area contributed by atoms with E-state index >= 15 is 0 Å². The summed E-state index contributed by atoms with van der Waals surface area (Å²) in [4.78, 5) is 22.9. The van der Waals surface area contributed by atoms with Gasteiger partial charge in [0, 0.05) is 12.1 Å². The van der Waals surface area contributed by atoms with E-state index in [-0.39, 0.29) is 17.9 Å². The first kappa shape index (κ1) is 16.0. The Morgan fingerprint density at radius 3 is 2.48 bits per heavy atom. The molecule has 2 fully saturated rings. The largest absolute Gasteiger partial charge is 0.374 e. The van der Waals surface area contributed by atoms with Gasteiger partial charge in [0.1, 0.15) is 6.04 Å². The summed E-state index contributed by atoms with van der Waals surface area (Å²) in [6, 6.07) is 8.02. The molecule has 0 aliphatic carbocycles. The molecule has 5 nitrogen and oxygen atoms in total. The van der Waals surface area contributed by atoms with Crippen molar-refractivity contribution in [3.63, 3.8) is 0 Å². The van der Waals surface area contributed by atoms with E-state index in [1.54, 1.807) is 0 Å². The molecule has 2 saturated heterocycles. The van der Waals surface area contributed by atoms with E-state index in [0.717, 1.165) is 31.1 Å². The second-order valence-corrected chi connectivity index (χ2v) is 6.58. The average molecular weight is 315 g/mol. The molecule has 0 radical (unpaired) electrons. The fourth-order valence-corrected chi connectivity index (χ4v) is 3.34. The summed E-state index contributed by atoms with van der Waals surface area (Å²) < 4.78 is 0. The minimum atomic E-state index is -0.312. The fraction of sp³-hybridized carbons (Fsp3) is 0.556. The van der Waals surface area contributed by atoms with E-state index in [2.05, 4.69) is 28.1 Å². The molecule has 0 spiro atoms. The van der Waals surface area contributed by atoms with Crippen molar-refractivity contribution in [3.8, 4) is 0 Å². The summed E-state index contributed by atoms with van der Waals surface area (Å²) in [5.74, 6) is 0.440. The molecule has 124 valence electrons. The van der Waals surface area contributed by atoms with Gasteiger partial charge in [-0.05, 0) is 68.8 Å². The summed E-state index contributed by atoms with van der Waals surface area (Å²) in [6.07, 6.45) is 5.90. The van der Waals surface area contributed by atoms with E-state index < -0.39 is 0 Å².